The van der Waals surface area contributed by atoms with Crippen LogP contribution in [0.2, 0.25) is 0 Å². The normalized spacial score (nSPS) is 17.2. The van der Waals surface area contributed by atoms with E-state index in [9.17, 15) is 9.59 Å². The van der Waals surface area contributed by atoms with E-state index in [4.69, 9.17) is 10.9 Å². The Morgan fingerprint density at radius 3 is 2.83 bits per heavy atom. The van der Waals surface area contributed by atoms with Crippen molar-refractivity contribution in [1.29, 1.82) is 0 Å². The van der Waals surface area contributed by atoms with Crippen LogP contribution < -0.4 is 16.6 Å². The highest BCUT2D eigenvalue weighted by Gasteiger charge is 2.25. The summed E-state index contributed by atoms with van der Waals surface area (Å²) < 4.78 is 0. The first-order valence-electron chi connectivity index (χ1n) is 3.38. The van der Waals surface area contributed by atoms with E-state index in [0.29, 0.717) is 6.54 Å². The number of hydrogen-bond acceptors (Lipinski definition) is 4. The van der Waals surface area contributed by atoms with Gasteiger partial charge in [0, 0.05) is 13.0 Å². The second-order valence-corrected chi connectivity index (χ2v) is 2.30. The highest BCUT2D eigenvalue weighted by Crippen LogP contribution is 2.09. The van der Waals surface area contributed by atoms with Crippen molar-refractivity contribution >= 4 is 11.8 Å². The topological polar surface area (TPSA) is 104 Å². The Labute approximate surface area is 68.4 Å². The molecule has 0 unspecified atom stereocenters. The van der Waals surface area contributed by atoms with Gasteiger partial charge in [-0.3, -0.25) is 15.0 Å². The van der Waals surface area contributed by atoms with Crippen LogP contribution in [0.25, 0.3) is 0 Å². The molecule has 0 radical (unpaired) electrons. The number of aliphatic hydroxyl groups is 1. The average molecular weight is 171 g/mol. The molecule has 0 atom stereocenters. The first-order chi connectivity index (χ1) is 5.66. The van der Waals surface area contributed by atoms with Crippen LogP contribution in [0, 0.1) is 0 Å². The molecule has 6 nitrogen and oxygen atoms in total. The molecule has 0 aliphatic carbocycles. The van der Waals surface area contributed by atoms with Gasteiger partial charge in [-0.2, -0.15) is 0 Å². The van der Waals surface area contributed by atoms with E-state index < -0.39 is 11.8 Å². The zero-order valence-electron chi connectivity index (χ0n) is 6.26. The van der Waals surface area contributed by atoms with E-state index in [1.807, 2.05) is 0 Å². The smallest absolute Gasteiger partial charge is 0.274 e. The average Bonchev–Trinajstić information content (AvgIpc) is 2.03. The molecule has 0 spiro atoms. The predicted octanol–water partition coefficient (Wildman–Crippen LogP) is -1.69. The molecule has 12 heavy (non-hydrogen) atoms. The van der Waals surface area contributed by atoms with E-state index in [2.05, 4.69) is 5.32 Å². The zero-order valence-corrected chi connectivity index (χ0v) is 6.26. The van der Waals surface area contributed by atoms with Gasteiger partial charge in [-0.1, -0.05) is 0 Å². The Hall–Kier alpha value is -1.56. The maximum Gasteiger partial charge on any atom is 0.274 e. The molecule has 0 aromatic heterocycles. The molecule has 0 saturated heterocycles. The maximum absolute atomic E-state index is 11.0. The zero-order chi connectivity index (χ0) is 9.14. The minimum atomic E-state index is -0.773. The SMILES string of the molecule is NNC(=O)C1=C(O)CCNC1=O. The van der Waals surface area contributed by atoms with Crippen molar-refractivity contribution in [1.82, 2.24) is 10.7 Å². The summed E-state index contributed by atoms with van der Waals surface area (Å²) in [6.07, 6.45) is 0.258. The van der Waals surface area contributed by atoms with Crippen LogP contribution >= 0.6 is 0 Å². The summed E-state index contributed by atoms with van der Waals surface area (Å²) in [5, 5.41) is 11.5. The molecular formula is C6H9N3O3. The van der Waals surface area contributed by atoms with E-state index >= 15 is 0 Å². The lowest BCUT2D eigenvalue weighted by Gasteiger charge is -2.14. The van der Waals surface area contributed by atoms with Crippen molar-refractivity contribution < 1.29 is 14.7 Å². The summed E-state index contributed by atoms with van der Waals surface area (Å²) in [5.74, 6) is 3.21. The molecule has 6 heteroatoms. The lowest BCUT2D eigenvalue weighted by atomic mass is 10.1. The van der Waals surface area contributed by atoms with Gasteiger partial charge >= 0.3 is 0 Å². The van der Waals surface area contributed by atoms with Crippen LogP contribution in [0.15, 0.2) is 11.3 Å². The summed E-state index contributed by atoms with van der Waals surface area (Å²) in [6.45, 7) is 0.339. The van der Waals surface area contributed by atoms with Crippen molar-refractivity contribution in [3.63, 3.8) is 0 Å². The number of nitrogens with one attached hydrogen (secondary N) is 2. The van der Waals surface area contributed by atoms with Crippen LogP contribution in [0.5, 0.6) is 0 Å². The fourth-order valence-corrected chi connectivity index (χ4v) is 0.945. The van der Waals surface area contributed by atoms with Gasteiger partial charge in [0.15, 0.2) is 0 Å². The summed E-state index contributed by atoms with van der Waals surface area (Å²) in [6, 6.07) is 0. The van der Waals surface area contributed by atoms with Crippen LogP contribution in [-0.2, 0) is 9.59 Å². The maximum atomic E-state index is 11.0. The monoisotopic (exact) mass is 171 g/mol. The third-order valence-electron chi connectivity index (χ3n) is 1.52. The molecule has 5 N–H and O–H groups in total. The van der Waals surface area contributed by atoms with Crippen LogP contribution in [0.4, 0.5) is 0 Å². The summed E-state index contributed by atoms with van der Waals surface area (Å²) in [5.41, 5.74) is 1.48. The van der Waals surface area contributed by atoms with Crippen molar-refractivity contribution in [2.75, 3.05) is 6.54 Å². The quantitative estimate of drug-likeness (QED) is 0.163. The van der Waals surface area contributed by atoms with E-state index in [1.165, 1.54) is 0 Å². The van der Waals surface area contributed by atoms with Crippen molar-refractivity contribution in [3.8, 4) is 0 Å². The Balaban J connectivity index is 2.96. The highest BCUT2D eigenvalue weighted by atomic mass is 16.3. The van der Waals surface area contributed by atoms with Gasteiger partial charge in [-0.15, -0.1) is 0 Å². The Bertz CT molecular complexity index is 259. The largest absolute Gasteiger partial charge is 0.511 e. The Morgan fingerprint density at radius 2 is 2.33 bits per heavy atom. The van der Waals surface area contributed by atoms with Crippen molar-refractivity contribution in [2.45, 2.75) is 6.42 Å². The number of carbonyl (C=O) groups is 2. The fourth-order valence-electron chi connectivity index (χ4n) is 0.945. The second kappa shape index (κ2) is 3.22. The number of rotatable bonds is 1. The van der Waals surface area contributed by atoms with Gasteiger partial charge in [0.1, 0.15) is 11.3 Å². The van der Waals surface area contributed by atoms with Crippen molar-refractivity contribution in [3.05, 3.63) is 11.3 Å². The number of nitrogens with two attached hydrogens (primary N) is 1. The van der Waals surface area contributed by atoms with E-state index in [0.717, 1.165) is 0 Å². The van der Waals surface area contributed by atoms with Gasteiger partial charge in [0.25, 0.3) is 11.8 Å². The summed E-state index contributed by atoms with van der Waals surface area (Å²) >= 11 is 0. The van der Waals surface area contributed by atoms with Gasteiger partial charge < -0.3 is 10.4 Å². The Morgan fingerprint density at radius 1 is 1.67 bits per heavy atom. The van der Waals surface area contributed by atoms with E-state index in [1.54, 1.807) is 5.43 Å². The van der Waals surface area contributed by atoms with Crippen LogP contribution in [0.1, 0.15) is 6.42 Å². The molecule has 0 aromatic rings. The third kappa shape index (κ3) is 1.37. The van der Waals surface area contributed by atoms with Gasteiger partial charge in [-0.25, -0.2) is 5.84 Å². The van der Waals surface area contributed by atoms with Gasteiger partial charge in [0.2, 0.25) is 0 Å². The molecule has 1 heterocycles. The molecule has 0 bridgehead atoms. The van der Waals surface area contributed by atoms with Crippen LogP contribution in [-0.4, -0.2) is 23.5 Å². The van der Waals surface area contributed by atoms with Gasteiger partial charge in [-0.05, 0) is 0 Å². The molecular weight excluding hydrogens is 162 g/mol. The molecule has 1 rings (SSSR count). The number of hydrazine groups is 1. The standard InChI is InChI=1S/C6H9N3O3/c7-9-6(12)4-3(10)1-2-8-5(4)11/h10H,1-2,7H2,(H,8,11)(H,9,12). The molecule has 0 aromatic carbocycles. The van der Waals surface area contributed by atoms with Gasteiger partial charge in [0.05, 0.1) is 0 Å². The molecule has 2 amide bonds. The number of aliphatic hydroxyl groups excluding tert-OH is 1. The second-order valence-electron chi connectivity index (χ2n) is 2.30. The molecule has 66 valence electrons. The van der Waals surface area contributed by atoms with Crippen LogP contribution in [0.3, 0.4) is 0 Å². The first kappa shape index (κ1) is 8.54. The third-order valence-corrected chi connectivity index (χ3v) is 1.52. The van der Waals surface area contributed by atoms with E-state index in [-0.39, 0.29) is 17.8 Å². The molecule has 1 aliphatic rings. The number of amides is 2. The highest BCUT2D eigenvalue weighted by molar-refractivity contribution is 6.19. The molecule has 1 aliphatic heterocycles. The number of hydrogen-bond donors (Lipinski definition) is 4. The lowest BCUT2D eigenvalue weighted by Crippen LogP contribution is -2.41. The Kier molecular flexibility index (Phi) is 2.29. The minimum Gasteiger partial charge on any atom is -0.511 e. The van der Waals surface area contributed by atoms with Crippen molar-refractivity contribution in [2.24, 2.45) is 5.84 Å². The molecule has 0 fully saturated rings. The summed E-state index contributed by atoms with van der Waals surface area (Å²) in [4.78, 5) is 21.8. The molecule has 0 saturated carbocycles. The summed E-state index contributed by atoms with van der Waals surface area (Å²) in [7, 11) is 0. The number of carbonyl (C=O) groups excluding carboxylic acids is 2. The predicted molar refractivity (Wildman–Crippen MR) is 39.6 cm³/mol. The fraction of sp³-hybridized carbons (Fsp3) is 0.333. The first-order valence-corrected chi connectivity index (χ1v) is 3.38. The minimum absolute atomic E-state index is 0.221. The lowest BCUT2D eigenvalue weighted by molar-refractivity contribution is -0.124.